The minimum Gasteiger partial charge on any atom is -0.477 e. The average molecular weight is 207 g/mol. The SMILES string of the molecule is CN1C(=O)C(CCN)Oc2cccnc21. The van der Waals surface area contributed by atoms with Gasteiger partial charge in [0.2, 0.25) is 0 Å². The number of hydrogen-bond donors (Lipinski definition) is 1. The van der Waals surface area contributed by atoms with Gasteiger partial charge in [0.15, 0.2) is 17.7 Å². The van der Waals surface area contributed by atoms with Crippen LogP contribution in [0.3, 0.4) is 0 Å². The molecular formula is C10H13N3O2. The van der Waals surface area contributed by atoms with Crippen molar-refractivity contribution in [2.24, 2.45) is 5.73 Å². The summed E-state index contributed by atoms with van der Waals surface area (Å²) in [4.78, 5) is 17.4. The Morgan fingerprint density at radius 1 is 1.67 bits per heavy atom. The lowest BCUT2D eigenvalue weighted by Crippen LogP contribution is -2.45. The van der Waals surface area contributed by atoms with Gasteiger partial charge >= 0.3 is 0 Å². The van der Waals surface area contributed by atoms with Crippen LogP contribution in [0.4, 0.5) is 5.82 Å². The third-order valence-electron chi connectivity index (χ3n) is 2.37. The molecule has 0 spiro atoms. The van der Waals surface area contributed by atoms with E-state index >= 15 is 0 Å². The minimum absolute atomic E-state index is 0.0911. The van der Waals surface area contributed by atoms with Crippen molar-refractivity contribution >= 4 is 11.7 Å². The molecule has 0 saturated heterocycles. The van der Waals surface area contributed by atoms with Crippen molar-refractivity contribution in [1.29, 1.82) is 0 Å². The number of pyridine rings is 1. The number of carbonyl (C=O) groups is 1. The van der Waals surface area contributed by atoms with Crippen LogP contribution in [0.5, 0.6) is 5.75 Å². The maximum absolute atomic E-state index is 11.8. The van der Waals surface area contributed by atoms with Gasteiger partial charge in [-0.25, -0.2) is 4.98 Å². The molecule has 0 fully saturated rings. The molecule has 2 heterocycles. The van der Waals surface area contributed by atoms with Gasteiger partial charge in [0.1, 0.15) is 0 Å². The molecule has 2 rings (SSSR count). The number of anilines is 1. The number of carbonyl (C=O) groups excluding carboxylic acids is 1. The highest BCUT2D eigenvalue weighted by Gasteiger charge is 2.32. The van der Waals surface area contributed by atoms with E-state index in [2.05, 4.69) is 4.98 Å². The zero-order chi connectivity index (χ0) is 10.8. The lowest BCUT2D eigenvalue weighted by Gasteiger charge is -2.30. The monoisotopic (exact) mass is 207 g/mol. The lowest BCUT2D eigenvalue weighted by atomic mass is 10.2. The molecule has 0 aromatic carbocycles. The van der Waals surface area contributed by atoms with E-state index in [0.29, 0.717) is 24.5 Å². The van der Waals surface area contributed by atoms with Crippen LogP contribution in [-0.4, -0.2) is 30.6 Å². The van der Waals surface area contributed by atoms with Crippen molar-refractivity contribution in [1.82, 2.24) is 4.98 Å². The summed E-state index contributed by atoms with van der Waals surface area (Å²) in [5.74, 6) is 1.11. The van der Waals surface area contributed by atoms with Gasteiger partial charge in [-0.05, 0) is 18.7 Å². The first-order chi connectivity index (χ1) is 7.24. The predicted octanol–water partition coefficient (Wildman–Crippen LogP) is 0.154. The van der Waals surface area contributed by atoms with Crippen LogP contribution in [-0.2, 0) is 4.79 Å². The topological polar surface area (TPSA) is 68.5 Å². The van der Waals surface area contributed by atoms with Gasteiger partial charge in [-0.3, -0.25) is 9.69 Å². The highest BCUT2D eigenvalue weighted by molar-refractivity contribution is 5.98. The Kier molecular flexibility index (Phi) is 2.55. The molecule has 0 saturated carbocycles. The Balaban J connectivity index is 2.32. The zero-order valence-electron chi connectivity index (χ0n) is 8.51. The standard InChI is InChI=1S/C10H13N3O2/c1-13-9-7(3-2-6-12-9)15-8(4-5-11)10(13)14/h2-3,6,8H,4-5,11H2,1H3. The second-order valence-electron chi connectivity index (χ2n) is 3.41. The summed E-state index contributed by atoms with van der Waals surface area (Å²) in [6, 6.07) is 3.58. The fraction of sp³-hybridized carbons (Fsp3) is 0.400. The van der Waals surface area contributed by atoms with Gasteiger partial charge in [0, 0.05) is 19.7 Å². The lowest BCUT2D eigenvalue weighted by molar-refractivity contribution is -0.126. The van der Waals surface area contributed by atoms with Crippen LogP contribution in [0.15, 0.2) is 18.3 Å². The molecule has 1 unspecified atom stereocenters. The fourth-order valence-corrected chi connectivity index (χ4v) is 1.58. The molecule has 1 amide bonds. The summed E-state index contributed by atoms with van der Waals surface area (Å²) in [6.07, 6.45) is 1.68. The van der Waals surface area contributed by atoms with E-state index in [4.69, 9.17) is 10.5 Å². The second-order valence-corrected chi connectivity index (χ2v) is 3.41. The third-order valence-corrected chi connectivity index (χ3v) is 2.37. The molecule has 2 N–H and O–H groups in total. The van der Waals surface area contributed by atoms with Crippen LogP contribution in [0.25, 0.3) is 0 Å². The third kappa shape index (κ3) is 1.66. The summed E-state index contributed by atoms with van der Waals surface area (Å²) in [6.45, 7) is 0.430. The number of ether oxygens (including phenoxy) is 1. The van der Waals surface area contributed by atoms with E-state index in [9.17, 15) is 4.79 Å². The molecule has 15 heavy (non-hydrogen) atoms. The molecule has 1 atom stereocenters. The molecule has 1 aliphatic heterocycles. The number of nitrogens with zero attached hydrogens (tertiary/aromatic N) is 2. The molecule has 0 radical (unpaired) electrons. The van der Waals surface area contributed by atoms with Gasteiger partial charge in [-0.1, -0.05) is 0 Å². The first-order valence-electron chi connectivity index (χ1n) is 4.83. The largest absolute Gasteiger partial charge is 0.477 e. The smallest absolute Gasteiger partial charge is 0.269 e. The van der Waals surface area contributed by atoms with Crippen molar-refractivity contribution in [3.05, 3.63) is 18.3 Å². The predicted molar refractivity (Wildman–Crippen MR) is 55.7 cm³/mol. The molecule has 1 aromatic rings. The van der Waals surface area contributed by atoms with Crippen LogP contribution in [0.2, 0.25) is 0 Å². The number of rotatable bonds is 2. The number of hydrogen-bond acceptors (Lipinski definition) is 4. The Labute approximate surface area is 87.8 Å². The van der Waals surface area contributed by atoms with Gasteiger partial charge < -0.3 is 10.5 Å². The van der Waals surface area contributed by atoms with Crippen LogP contribution < -0.4 is 15.4 Å². The zero-order valence-corrected chi connectivity index (χ0v) is 8.51. The minimum atomic E-state index is -0.475. The Bertz CT molecular complexity index is 381. The van der Waals surface area contributed by atoms with Crippen LogP contribution >= 0.6 is 0 Å². The van der Waals surface area contributed by atoms with Crippen molar-refractivity contribution in [3.8, 4) is 5.75 Å². The van der Waals surface area contributed by atoms with Gasteiger partial charge in [0.25, 0.3) is 5.91 Å². The van der Waals surface area contributed by atoms with E-state index in [1.54, 1.807) is 25.4 Å². The summed E-state index contributed by atoms with van der Waals surface area (Å²) in [5, 5.41) is 0. The Morgan fingerprint density at radius 3 is 3.20 bits per heavy atom. The highest BCUT2D eigenvalue weighted by atomic mass is 16.5. The average Bonchev–Trinajstić information content (AvgIpc) is 2.26. The number of fused-ring (bicyclic) bond motifs is 1. The summed E-state index contributed by atoms with van der Waals surface area (Å²) < 4.78 is 5.52. The van der Waals surface area contributed by atoms with Crippen molar-refractivity contribution in [2.45, 2.75) is 12.5 Å². The number of aromatic nitrogens is 1. The van der Waals surface area contributed by atoms with E-state index in [1.165, 1.54) is 4.90 Å². The number of nitrogens with two attached hydrogens (primary N) is 1. The maximum Gasteiger partial charge on any atom is 0.269 e. The Morgan fingerprint density at radius 2 is 2.47 bits per heavy atom. The first kappa shape index (κ1) is 9.92. The van der Waals surface area contributed by atoms with Crippen molar-refractivity contribution in [3.63, 3.8) is 0 Å². The molecule has 0 aliphatic carbocycles. The molecule has 0 bridgehead atoms. The normalized spacial score (nSPS) is 19.7. The summed E-state index contributed by atoms with van der Waals surface area (Å²) in [7, 11) is 1.69. The highest BCUT2D eigenvalue weighted by Crippen LogP contribution is 2.30. The van der Waals surface area contributed by atoms with Gasteiger partial charge in [0.05, 0.1) is 0 Å². The fourth-order valence-electron chi connectivity index (χ4n) is 1.58. The quantitative estimate of drug-likeness (QED) is 0.749. The van der Waals surface area contributed by atoms with E-state index in [0.717, 1.165) is 0 Å². The van der Waals surface area contributed by atoms with Crippen LogP contribution in [0.1, 0.15) is 6.42 Å². The molecule has 1 aromatic heterocycles. The first-order valence-corrected chi connectivity index (χ1v) is 4.83. The molecule has 5 heteroatoms. The van der Waals surface area contributed by atoms with E-state index in [-0.39, 0.29) is 5.91 Å². The second kappa shape index (κ2) is 3.86. The molecule has 5 nitrogen and oxygen atoms in total. The van der Waals surface area contributed by atoms with Gasteiger partial charge in [-0.2, -0.15) is 0 Å². The van der Waals surface area contributed by atoms with Crippen molar-refractivity contribution < 1.29 is 9.53 Å². The maximum atomic E-state index is 11.8. The Hall–Kier alpha value is -1.62. The number of amides is 1. The van der Waals surface area contributed by atoms with Crippen LogP contribution in [0, 0.1) is 0 Å². The van der Waals surface area contributed by atoms with E-state index < -0.39 is 6.10 Å². The summed E-state index contributed by atoms with van der Waals surface area (Å²) >= 11 is 0. The number of likely N-dealkylation sites (N-methyl/N-ethyl adjacent to an activating group) is 1. The molecule has 80 valence electrons. The summed E-state index contributed by atoms with van der Waals surface area (Å²) in [5.41, 5.74) is 5.42. The van der Waals surface area contributed by atoms with E-state index in [1.807, 2.05) is 0 Å². The molecule has 1 aliphatic rings. The molecular weight excluding hydrogens is 194 g/mol. The van der Waals surface area contributed by atoms with Crippen molar-refractivity contribution in [2.75, 3.05) is 18.5 Å². The van der Waals surface area contributed by atoms with Gasteiger partial charge in [-0.15, -0.1) is 0 Å².